The minimum Gasteiger partial charge on any atom is -0.497 e. The number of likely N-dealkylation sites (N-methyl/N-ethyl adjacent to an activating group) is 1. The fourth-order valence-electron chi connectivity index (χ4n) is 4.13. The zero-order chi connectivity index (χ0) is 27.4. The summed E-state index contributed by atoms with van der Waals surface area (Å²) in [6, 6.07) is 8.36. The molecule has 1 atom stereocenters. The number of pyridine rings is 1. The molecule has 2 N–H and O–H groups in total. The maximum atomic E-state index is 13.8. The van der Waals surface area contributed by atoms with Gasteiger partial charge in [-0.1, -0.05) is 0 Å². The van der Waals surface area contributed by atoms with E-state index in [0.717, 1.165) is 22.0 Å². The number of hydrogen-bond acceptors (Lipinski definition) is 6. The van der Waals surface area contributed by atoms with E-state index in [9.17, 15) is 26.8 Å². The van der Waals surface area contributed by atoms with Crippen LogP contribution in [0, 0.1) is 11.6 Å². The molecule has 2 aromatic carbocycles. The van der Waals surface area contributed by atoms with Crippen LogP contribution < -0.4 is 24.0 Å². The molecule has 39 heavy (non-hydrogen) atoms. The minimum absolute atomic E-state index is 0. The topological polar surface area (TPSA) is 121 Å². The van der Waals surface area contributed by atoms with Gasteiger partial charge >= 0.3 is 16.2 Å². The molecule has 2 heterocycles. The normalized spacial score (nSPS) is 13.1. The molecule has 0 fully saturated rings. The molecule has 10 nitrogen and oxygen atoms in total. The number of benzene rings is 2. The Labute approximate surface area is 231 Å². The van der Waals surface area contributed by atoms with Gasteiger partial charge in [0.25, 0.3) is 0 Å². The molecule has 14 heteroatoms. The second-order valence-corrected chi connectivity index (χ2v) is 10.1. The van der Waals surface area contributed by atoms with Gasteiger partial charge in [-0.15, -0.1) is 0 Å². The molecule has 0 unspecified atom stereocenters. The molecular weight excluding hydrogens is 552 g/mol. The Hall–Kier alpha value is -3.91. The Morgan fingerprint density at radius 1 is 1.13 bits per heavy atom. The second kappa shape index (κ2) is 12.3. The lowest BCUT2D eigenvalue weighted by Gasteiger charge is -2.26. The molecule has 0 aliphatic carbocycles. The quantitative estimate of drug-likeness (QED) is 0.424. The summed E-state index contributed by atoms with van der Waals surface area (Å²) < 4.78 is 61.6. The number of amides is 3. The lowest BCUT2D eigenvalue weighted by atomic mass is 10.0. The first-order valence-electron chi connectivity index (χ1n) is 11.5. The monoisotopic (exact) mass is 579 g/mol. The summed E-state index contributed by atoms with van der Waals surface area (Å²) in [7, 11) is -1.39. The first kappa shape index (κ1) is 29.6. The standard InChI is InChI=1S/C25H25F2N5O5S.H2S/c1-31(20-3-5-21(37-2)6-4-20)24(33)22(13-16-11-18(26)14-19(27)12-16)29-25(34)30-38(35,36)32-10-8-17-7-9-28-15-23(17)32;/h3-7,9,11-12,14-15,22H,8,10,13H2,1-2H3,(H2,29,30,34);1H2/t22-;/m0./s1. The van der Waals surface area contributed by atoms with Crippen LogP contribution >= 0.6 is 13.5 Å². The molecule has 0 saturated carbocycles. The second-order valence-electron chi connectivity index (χ2n) is 8.54. The maximum absolute atomic E-state index is 13.8. The van der Waals surface area contributed by atoms with Gasteiger partial charge in [0, 0.05) is 38.0 Å². The van der Waals surface area contributed by atoms with Crippen molar-refractivity contribution >= 4 is 47.0 Å². The van der Waals surface area contributed by atoms with Crippen LogP contribution in [0.25, 0.3) is 0 Å². The Bertz CT molecular complexity index is 1440. The number of anilines is 2. The SMILES string of the molecule is COc1ccc(N(C)C(=O)[C@H](Cc2cc(F)cc(F)c2)NC(=O)NS(=O)(=O)N2CCc3ccncc32)cc1.S. The Balaban J connectivity index is 0.00000420. The number of ether oxygens (including phenoxy) is 1. The largest absolute Gasteiger partial charge is 0.497 e. The van der Waals surface area contributed by atoms with E-state index in [1.165, 1.54) is 25.3 Å². The highest BCUT2D eigenvalue weighted by atomic mass is 32.2. The molecule has 1 aromatic heterocycles. The number of fused-ring (bicyclic) bond motifs is 1. The average molecular weight is 580 g/mol. The number of carbonyl (C=O) groups is 2. The van der Waals surface area contributed by atoms with Gasteiger partial charge in [0.2, 0.25) is 5.91 Å². The number of urea groups is 1. The van der Waals surface area contributed by atoms with Gasteiger partial charge in [0.05, 0.1) is 19.0 Å². The molecule has 0 radical (unpaired) electrons. The highest BCUT2D eigenvalue weighted by molar-refractivity contribution is 7.91. The lowest BCUT2D eigenvalue weighted by molar-refractivity contribution is -0.120. The van der Waals surface area contributed by atoms with E-state index in [-0.39, 0.29) is 32.0 Å². The summed E-state index contributed by atoms with van der Waals surface area (Å²) in [6.07, 6.45) is 3.06. The van der Waals surface area contributed by atoms with E-state index in [0.29, 0.717) is 29.6 Å². The zero-order valence-corrected chi connectivity index (χ0v) is 22.8. The van der Waals surface area contributed by atoms with E-state index < -0.39 is 39.8 Å². The summed E-state index contributed by atoms with van der Waals surface area (Å²) in [6.45, 7) is 0.106. The third-order valence-corrected chi connectivity index (χ3v) is 7.41. The molecular formula is C25H27F2N5O5S2. The van der Waals surface area contributed by atoms with Crippen molar-refractivity contribution in [2.24, 2.45) is 0 Å². The fourth-order valence-corrected chi connectivity index (χ4v) is 5.29. The molecule has 208 valence electrons. The third kappa shape index (κ3) is 6.95. The zero-order valence-electron chi connectivity index (χ0n) is 21.0. The van der Waals surface area contributed by atoms with Crippen LogP contribution in [0.2, 0.25) is 0 Å². The van der Waals surface area contributed by atoms with Crippen LogP contribution in [-0.2, 0) is 27.8 Å². The molecule has 3 amide bonds. The van der Waals surface area contributed by atoms with E-state index in [1.807, 2.05) is 4.72 Å². The molecule has 0 saturated heterocycles. The number of nitrogens with one attached hydrogen (secondary N) is 2. The van der Waals surface area contributed by atoms with Crippen molar-refractivity contribution in [3.8, 4) is 5.75 Å². The number of rotatable bonds is 8. The van der Waals surface area contributed by atoms with Crippen LogP contribution in [0.3, 0.4) is 0 Å². The summed E-state index contributed by atoms with van der Waals surface area (Å²) >= 11 is 0. The number of halogens is 2. The molecule has 0 spiro atoms. The van der Waals surface area contributed by atoms with E-state index >= 15 is 0 Å². The van der Waals surface area contributed by atoms with Gasteiger partial charge < -0.3 is 15.0 Å². The number of hydrogen-bond donors (Lipinski definition) is 2. The molecule has 1 aliphatic rings. The number of aromatic nitrogens is 1. The van der Waals surface area contributed by atoms with E-state index in [2.05, 4.69) is 10.3 Å². The summed E-state index contributed by atoms with van der Waals surface area (Å²) in [5.41, 5.74) is 1.64. The van der Waals surface area contributed by atoms with Crippen molar-refractivity contribution < 1.29 is 31.5 Å². The van der Waals surface area contributed by atoms with Gasteiger partial charge in [-0.3, -0.25) is 14.1 Å². The van der Waals surface area contributed by atoms with Gasteiger partial charge in [0.15, 0.2) is 0 Å². The minimum atomic E-state index is -4.34. The number of methoxy groups -OCH3 is 1. The van der Waals surface area contributed by atoms with Crippen LogP contribution in [0.5, 0.6) is 5.75 Å². The molecule has 3 aromatic rings. The number of carbonyl (C=O) groups excluding carboxylic acids is 2. The van der Waals surface area contributed by atoms with Crippen molar-refractivity contribution in [1.82, 2.24) is 15.0 Å². The fraction of sp³-hybridized carbons (Fsp3) is 0.240. The third-order valence-electron chi connectivity index (χ3n) is 6.01. The number of nitrogens with zero attached hydrogens (tertiary/aromatic N) is 3. The Kier molecular flexibility index (Phi) is 9.35. The first-order valence-corrected chi connectivity index (χ1v) is 12.9. The van der Waals surface area contributed by atoms with E-state index in [4.69, 9.17) is 4.74 Å². The van der Waals surface area contributed by atoms with Crippen LogP contribution in [-0.4, -0.2) is 52.1 Å². The van der Waals surface area contributed by atoms with Crippen molar-refractivity contribution in [2.45, 2.75) is 18.9 Å². The van der Waals surface area contributed by atoms with Gasteiger partial charge in [-0.05, 0) is 60.0 Å². The van der Waals surface area contributed by atoms with E-state index in [1.54, 1.807) is 36.5 Å². The molecule has 0 bridgehead atoms. The van der Waals surface area contributed by atoms with Gasteiger partial charge in [0.1, 0.15) is 23.4 Å². The Morgan fingerprint density at radius 3 is 2.44 bits per heavy atom. The first-order chi connectivity index (χ1) is 18.1. The Morgan fingerprint density at radius 2 is 1.79 bits per heavy atom. The predicted octanol–water partition coefficient (Wildman–Crippen LogP) is 2.66. The summed E-state index contributed by atoms with van der Waals surface area (Å²) in [5, 5.41) is 2.35. The van der Waals surface area contributed by atoms with Crippen LogP contribution in [0.15, 0.2) is 60.9 Å². The van der Waals surface area contributed by atoms with Gasteiger partial charge in [-0.25, -0.2) is 18.3 Å². The van der Waals surface area contributed by atoms with Crippen molar-refractivity contribution in [1.29, 1.82) is 0 Å². The van der Waals surface area contributed by atoms with Crippen molar-refractivity contribution in [3.05, 3.63) is 83.7 Å². The highest BCUT2D eigenvalue weighted by Gasteiger charge is 2.33. The predicted molar refractivity (Wildman–Crippen MR) is 147 cm³/mol. The molecule has 1 aliphatic heterocycles. The van der Waals surface area contributed by atoms with Gasteiger partial charge in [-0.2, -0.15) is 21.9 Å². The van der Waals surface area contributed by atoms with Crippen molar-refractivity contribution in [2.75, 3.05) is 29.9 Å². The van der Waals surface area contributed by atoms with Crippen molar-refractivity contribution in [3.63, 3.8) is 0 Å². The summed E-state index contributed by atoms with van der Waals surface area (Å²) in [4.78, 5) is 31.4. The summed E-state index contributed by atoms with van der Waals surface area (Å²) in [5.74, 6) is -1.81. The average Bonchev–Trinajstić information content (AvgIpc) is 3.32. The smallest absolute Gasteiger partial charge is 0.330 e. The highest BCUT2D eigenvalue weighted by Crippen LogP contribution is 2.28. The van der Waals surface area contributed by atoms with Crippen LogP contribution in [0.4, 0.5) is 25.0 Å². The molecule has 4 rings (SSSR count). The van der Waals surface area contributed by atoms with Crippen LogP contribution in [0.1, 0.15) is 11.1 Å². The lowest BCUT2D eigenvalue weighted by Crippen LogP contribution is -2.54. The maximum Gasteiger partial charge on any atom is 0.330 e.